The Hall–Kier alpha value is -1.68. The van der Waals surface area contributed by atoms with Gasteiger partial charge in [-0.25, -0.2) is 0 Å². The Morgan fingerprint density at radius 1 is 1.05 bits per heavy atom. The van der Waals surface area contributed by atoms with Gasteiger partial charge in [0.2, 0.25) is 0 Å². The van der Waals surface area contributed by atoms with E-state index in [1.165, 1.54) is 5.56 Å². The molecular weight excluding hydrogens is 250 g/mol. The predicted octanol–water partition coefficient (Wildman–Crippen LogP) is 1.97. The van der Waals surface area contributed by atoms with Gasteiger partial charge in [-0.3, -0.25) is 0 Å². The van der Waals surface area contributed by atoms with Crippen molar-refractivity contribution < 1.29 is 10.2 Å². The SMILES string of the molecule is OCC(NC1Cc2ccccc2C1O)c1ccccc1. The third-order valence-electron chi connectivity index (χ3n) is 3.99. The Morgan fingerprint density at radius 3 is 2.45 bits per heavy atom. The third-order valence-corrected chi connectivity index (χ3v) is 3.99. The molecule has 0 radical (unpaired) electrons. The summed E-state index contributed by atoms with van der Waals surface area (Å²) < 4.78 is 0. The minimum absolute atomic E-state index is 0.0174. The van der Waals surface area contributed by atoms with Gasteiger partial charge in [-0.2, -0.15) is 0 Å². The van der Waals surface area contributed by atoms with E-state index in [1.54, 1.807) is 0 Å². The molecule has 3 heteroatoms. The lowest BCUT2D eigenvalue weighted by molar-refractivity contribution is 0.124. The summed E-state index contributed by atoms with van der Waals surface area (Å²) in [6, 6.07) is 17.6. The fourth-order valence-electron chi connectivity index (χ4n) is 2.92. The summed E-state index contributed by atoms with van der Waals surface area (Å²) in [6.45, 7) is 0.0174. The monoisotopic (exact) mass is 269 g/mol. The average molecular weight is 269 g/mol. The van der Waals surface area contributed by atoms with E-state index >= 15 is 0 Å². The molecule has 0 saturated carbocycles. The van der Waals surface area contributed by atoms with Gasteiger partial charge >= 0.3 is 0 Å². The quantitative estimate of drug-likeness (QED) is 0.795. The van der Waals surface area contributed by atoms with Gasteiger partial charge in [0.25, 0.3) is 0 Å². The summed E-state index contributed by atoms with van der Waals surface area (Å²) in [6.07, 6.45) is 0.282. The van der Waals surface area contributed by atoms with Crippen LogP contribution in [0.4, 0.5) is 0 Å². The summed E-state index contributed by atoms with van der Waals surface area (Å²) in [5.74, 6) is 0. The van der Waals surface area contributed by atoms with Gasteiger partial charge in [-0.15, -0.1) is 0 Å². The summed E-state index contributed by atoms with van der Waals surface area (Å²) in [5, 5.41) is 23.4. The van der Waals surface area contributed by atoms with Crippen molar-refractivity contribution in [2.45, 2.75) is 24.6 Å². The molecule has 3 unspecified atom stereocenters. The van der Waals surface area contributed by atoms with Crippen LogP contribution < -0.4 is 5.32 Å². The maximum absolute atomic E-state index is 10.4. The minimum atomic E-state index is -0.510. The van der Waals surface area contributed by atoms with Crippen molar-refractivity contribution in [1.82, 2.24) is 5.32 Å². The highest BCUT2D eigenvalue weighted by Crippen LogP contribution is 2.32. The molecule has 104 valence electrons. The van der Waals surface area contributed by atoms with Crippen LogP contribution in [0.1, 0.15) is 28.8 Å². The molecule has 3 atom stereocenters. The average Bonchev–Trinajstić information content (AvgIpc) is 2.82. The van der Waals surface area contributed by atoms with Crippen molar-refractivity contribution in [2.24, 2.45) is 0 Å². The van der Waals surface area contributed by atoms with Gasteiger partial charge in [0.05, 0.1) is 18.8 Å². The molecule has 3 nitrogen and oxygen atoms in total. The number of hydrogen-bond donors (Lipinski definition) is 3. The number of hydrogen-bond acceptors (Lipinski definition) is 3. The molecule has 0 heterocycles. The molecule has 20 heavy (non-hydrogen) atoms. The minimum Gasteiger partial charge on any atom is -0.394 e. The van der Waals surface area contributed by atoms with E-state index in [2.05, 4.69) is 11.4 Å². The van der Waals surface area contributed by atoms with Crippen molar-refractivity contribution in [3.63, 3.8) is 0 Å². The first-order valence-corrected chi connectivity index (χ1v) is 6.97. The van der Waals surface area contributed by atoms with Crippen LogP contribution in [0, 0.1) is 0 Å². The van der Waals surface area contributed by atoms with Gasteiger partial charge in [-0.05, 0) is 23.1 Å². The number of rotatable bonds is 4. The topological polar surface area (TPSA) is 52.5 Å². The van der Waals surface area contributed by atoms with Crippen LogP contribution in [0.15, 0.2) is 54.6 Å². The van der Waals surface area contributed by atoms with Gasteiger partial charge in [0.15, 0.2) is 0 Å². The lowest BCUT2D eigenvalue weighted by Gasteiger charge is -2.24. The highest BCUT2D eigenvalue weighted by atomic mass is 16.3. The highest BCUT2D eigenvalue weighted by molar-refractivity contribution is 5.36. The molecule has 0 bridgehead atoms. The Balaban J connectivity index is 1.76. The molecule has 0 fully saturated rings. The van der Waals surface area contributed by atoms with Gasteiger partial charge < -0.3 is 15.5 Å². The van der Waals surface area contributed by atoms with E-state index in [1.807, 2.05) is 48.5 Å². The fraction of sp³-hybridized carbons (Fsp3) is 0.294. The lowest BCUT2D eigenvalue weighted by Crippen LogP contribution is -2.37. The normalized spacial score (nSPS) is 22.5. The maximum atomic E-state index is 10.4. The van der Waals surface area contributed by atoms with Crippen molar-refractivity contribution in [2.75, 3.05) is 6.61 Å². The first kappa shape index (κ1) is 13.3. The van der Waals surface area contributed by atoms with E-state index in [0.717, 1.165) is 17.5 Å². The van der Waals surface area contributed by atoms with Crippen LogP contribution in [0.2, 0.25) is 0 Å². The van der Waals surface area contributed by atoms with Crippen molar-refractivity contribution in [3.8, 4) is 0 Å². The van der Waals surface area contributed by atoms with Gasteiger partial charge in [-0.1, -0.05) is 54.6 Å². The molecule has 2 aromatic rings. The summed E-state index contributed by atoms with van der Waals surface area (Å²) in [7, 11) is 0. The fourth-order valence-corrected chi connectivity index (χ4v) is 2.92. The maximum Gasteiger partial charge on any atom is 0.0949 e. The first-order valence-electron chi connectivity index (χ1n) is 6.97. The summed E-state index contributed by atoms with van der Waals surface area (Å²) in [5.41, 5.74) is 3.22. The van der Waals surface area contributed by atoms with Crippen LogP contribution in [-0.2, 0) is 6.42 Å². The number of aliphatic hydroxyl groups excluding tert-OH is 2. The van der Waals surface area contributed by atoms with Crippen LogP contribution in [0.5, 0.6) is 0 Å². The van der Waals surface area contributed by atoms with E-state index < -0.39 is 6.10 Å². The highest BCUT2D eigenvalue weighted by Gasteiger charge is 2.32. The largest absolute Gasteiger partial charge is 0.394 e. The van der Waals surface area contributed by atoms with Crippen molar-refractivity contribution >= 4 is 0 Å². The van der Waals surface area contributed by atoms with E-state index in [-0.39, 0.29) is 18.7 Å². The predicted molar refractivity (Wildman–Crippen MR) is 78.3 cm³/mol. The van der Waals surface area contributed by atoms with E-state index in [4.69, 9.17) is 0 Å². The molecule has 0 aliphatic heterocycles. The van der Waals surface area contributed by atoms with E-state index in [0.29, 0.717) is 0 Å². The Labute approximate surface area is 118 Å². The zero-order chi connectivity index (χ0) is 13.9. The zero-order valence-electron chi connectivity index (χ0n) is 11.2. The number of benzene rings is 2. The molecule has 0 aromatic heterocycles. The molecule has 1 aliphatic rings. The Morgan fingerprint density at radius 2 is 1.75 bits per heavy atom. The number of aliphatic hydroxyl groups is 2. The van der Waals surface area contributed by atoms with Crippen LogP contribution in [-0.4, -0.2) is 22.9 Å². The zero-order valence-corrected chi connectivity index (χ0v) is 11.2. The molecule has 3 rings (SSSR count). The number of fused-ring (bicyclic) bond motifs is 1. The molecule has 2 aromatic carbocycles. The molecule has 0 saturated heterocycles. The number of nitrogens with one attached hydrogen (secondary N) is 1. The second-order valence-corrected chi connectivity index (χ2v) is 5.27. The van der Waals surface area contributed by atoms with Gasteiger partial charge in [0, 0.05) is 6.04 Å². The third kappa shape index (κ3) is 2.48. The molecular formula is C17H19NO2. The molecule has 1 aliphatic carbocycles. The van der Waals surface area contributed by atoms with Crippen molar-refractivity contribution in [3.05, 3.63) is 71.3 Å². The van der Waals surface area contributed by atoms with Crippen LogP contribution in [0.25, 0.3) is 0 Å². The molecule has 0 amide bonds. The van der Waals surface area contributed by atoms with Crippen LogP contribution >= 0.6 is 0 Å². The van der Waals surface area contributed by atoms with E-state index in [9.17, 15) is 10.2 Å². The Bertz CT molecular complexity index is 570. The second-order valence-electron chi connectivity index (χ2n) is 5.27. The van der Waals surface area contributed by atoms with Crippen molar-refractivity contribution in [1.29, 1.82) is 0 Å². The first-order chi connectivity index (χ1) is 9.79. The standard InChI is InChI=1S/C17H19NO2/c19-11-16(12-6-2-1-3-7-12)18-15-10-13-8-4-5-9-14(13)17(15)20/h1-9,15-20H,10-11H2. The molecule has 3 N–H and O–H groups in total. The molecule has 0 spiro atoms. The van der Waals surface area contributed by atoms with Gasteiger partial charge in [0.1, 0.15) is 0 Å². The smallest absolute Gasteiger partial charge is 0.0949 e. The lowest BCUT2D eigenvalue weighted by atomic mass is 10.0. The second kappa shape index (κ2) is 5.75. The summed E-state index contributed by atoms with van der Waals surface area (Å²) in [4.78, 5) is 0. The van der Waals surface area contributed by atoms with Crippen LogP contribution in [0.3, 0.4) is 0 Å². The Kier molecular flexibility index (Phi) is 3.83. The summed E-state index contributed by atoms with van der Waals surface area (Å²) >= 11 is 0.